The lowest BCUT2D eigenvalue weighted by Gasteiger charge is -2.28. The second-order valence-corrected chi connectivity index (χ2v) is 8.69. The SMILES string of the molecule is C1CCCCCC(C2CCCCCCCCCC2)CCCCC1. The Morgan fingerprint density at radius 2 is 0.391 bits per heavy atom. The first-order valence-corrected chi connectivity index (χ1v) is 11.5. The van der Waals surface area contributed by atoms with E-state index in [-0.39, 0.29) is 0 Å². The van der Waals surface area contributed by atoms with Gasteiger partial charge in [-0.25, -0.2) is 0 Å². The second kappa shape index (κ2) is 13.3. The van der Waals surface area contributed by atoms with Crippen LogP contribution in [0.4, 0.5) is 0 Å². The van der Waals surface area contributed by atoms with Crippen molar-refractivity contribution in [2.24, 2.45) is 11.8 Å². The summed E-state index contributed by atoms with van der Waals surface area (Å²) in [6.45, 7) is 0. The molecule has 23 heavy (non-hydrogen) atoms. The predicted molar refractivity (Wildman–Crippen MR) is 104 cm³/mol. The van der Waals surface area contributed by atoms with Crippen molar-refractivity contribution in [2.75, 3.05) is 0 Å². The lowest BCUT2D eigenvalue weighted by molar-refractivity contribution is 0.237. The largest absolute Gasteiger partial charge is 0.0533 e. The van der Waals surface area contributed by atoms with Crippen molar-refractivity contribution in [3.05, 3.63) is 0 Å². The van der Waals surface area contributed by atoms with Crippen LogP contribution in [-0.4, -0.2) is 0 Å². The van der Waals surface area contributed by atoms with Gasteiger partial charge in [-0.1, -0.05) is 135 Å². The smallest absolute Gasteiger partial charge is 0.0386 e. The molecule has 136 valence electrons. The zero-order valence-corrected chi connectivity index (χ0v) is 16.0. The molecule has 0 bridgehead atoms. The molecule has 2 aliphatic rings. The molecule has 0 heterocycles. The Morgan fingerprint density at radius 3 is 0.609 bits per heavy atom. The van der Waals surface area contributed by atoms with Gasteiger partial charge in [0.25, 0.3) is 0 Å². The van der Waals surface area contributed by atoms with E-state index >= 15 is 0 Å². The number of hydrogen-bond acceptors (Lipinski definition) is 0. The highest BCUT2D eigenvalue weighted by atomic mass is 14.3. The number of rotatable bonds is 1. The van der Waals surface area contributed by atoms with Crippen LogP contribution < -0.4 is 0 Å². The molecule has 0 saturated heterocycles. The molecule has 0 heteroatoms. The summed E-state index contributed by atoms with van der Waals surface area (Å²) in [7, 11) is 0. The Morgan fingerprint density at radius 1 is 0.217 bits per heavy atom. The average Bonchev–Trinajstić information content (AvgIpc) is 2.61. The Balaban J connectivity index is 1.82. The van der Waals surface area contributed by atoms with Gasteiger partial charge in [-0.15, -0.1) is 0 Å². The molecule has 0 radical (unpaired) electrons. The maximum atomic E-state index is 1.56. The molecule has 2 saturated carbocycles. The summed E-state index contributed by atoms with van der Waals surface area (Å²) < 4.78 is 0. The minimum atomic E-state index is 1.08. The van der Waals surface area contributed by atoms with E-state index in [0.29, 0.717) is 0 Å². The Hall–Kier alpha value is 0. The third-order valence-corrected chi connectivity index (χ3v) is 6.72. The summed E-state index contributed by atoms with van der Waals surface area (Å²) in [6, 6.07) is 0. The molecule has 0 nitrogen and oxygen atoms in total. The van der Waals surface area contributed by atoms with Gasteiger partial charge in [0, 0.05) is 0 Å². The lowest BCUT2D eigenvalue weighted by Crippen LogP contribution is -2.16. The molecule has 0 aromatic carbocycles. The van der Waals surface area contributed by atoms with Crippen LogP contribution in [0.2, 0.25) is 0 Å². The standard InChI is InChI=1S/C23H44/c1-2-6-10-14-18-22(19-15-11-7-3-1)23-20-16-12-8-4-5-9-13-17-21-23/h22-23H,1-21H2. The summed E-state index contributed by atoms with van der Waals surface area (Å²) in [5, 5.41) is 0. The van der Waals surface area contributed by atoms with E-state index in [4.69, 9.17) is 0 Å². The zero-order valence-electron chi connectivity index (χ0n) is 16.0. The predicted octanol–water partition coefficient (Wildman–Crippen LogP) is 8.44. The number of hydrogen-bond donors (Lipinski definition) is 0. The van der Waals surface area contributed by atoms with Crippen LogP contribution in [0.15, 0.2) is 0 Å². The fourth-order valence-corrected chi connectivity index (χ4v) is 5.16. The van der Waals surface area contributed by atoms with Crippen molar-refractivity contribution in [2.45, 2.75) is 135 Å². The first-order chi connectivity index (χ1) is 11.5. The van der Waals surface area contributed by atoms with Gasteiger partial charge in [-0.2, -0.15) is 0 Å². The second-order valence-electron chi connectivity index (χ2n) is 8.69. The van der Waals surface area contributed by atoms with Crippen molar-refractivity contribution in [3.63, 3.8) is 0 Å². The third-order valence-electron chi connectivity index (χ3n) is 6.72. The summed E-state index contributed by atoms with van der Waals surface area (Å²) >= 11 is 0. The highest BCUT2D eigenvalue weighted by molar-refractivity contribution is 4.73. The topological polar surface area (TPSA) is 0 Å². The highest BCUT2D eigenvalue weighted by Gasteiger charge is 2.21. The van der Waals surface area contributed by atoms with Crippen molar-refractivity contribution >= 4 is 0 Å². The monoisotopic (exact) mass is 320 g/mol. The third kappa shape index (κ3) is 9.16. The van der Waals surface area contributed by atoms with Gasteiger partial charge in [0.05, 0.1) is 0 Å². The summed E-state index contributed by atoms with van der Waals surface area (Å²) in [6.07, 6.45) is 32.0. The highest BCUT2D eigenvalue weighted by Crippen LogP contribution is 2.34. The van der Waals surface area contributed by atoms with Crippen molar-refractivity contribution in [1.82, 2.24) is 0 Å². The molecule has 0 aromatic rings. The molecule has 0 spiro atoms. The zero-order chi connectivity index (χ0) is 16.0. The Kier molecular flexibility index (Phi) is 11.2. The van der Waals surface area contributed by atoms with E-state index in [9.17, 15) is 0 Å². The fraction of sp³-hybridized carbons (Fsp3) is 1.00. The molecule has 0 unspecified atom stereocenters. The van der Waals surface area contributed by atoms with E-state index in [0.717, 1.165) is 11.8 Å². The minimum Gasteiger partial charge on any atom is -0.0533 e. The summed E-state index contributed by atoms with van der Waals surface area (Å²) in [5.74, 6) is 2.16. The molecule has 0 atom stereocenters. The van der Waals surface area contributed by atoms with Crippen molar-refractivity contribution < 1.29 is 0 Å². The van der Waals surface area contributed by atoms with E-state index < -0.39 is 0 Å². The van der Waals surface area contributed by atoms with Gasteiger partial charge in [-0.3, -0.25) is 0 Å². The minimum absolute atomic E-state index is 1.08. The van der Waals surface area contributed by atoms with Gasteiger partial charge in [0.15, 0.2) is 0 Å². The molecule has 2 fully saturated rings. The van der Waals surface area contributed by atoms with Gasteiger partial charge >= 0.3 is 0 Å². The normalized spacial score (nSPS) is 26.6. The maximum Gasteiger partial charge on any atom is -0.0386 e. The van der Waals surface area contributed by atoms with E-state index in [1.54, 1.807) is 25.7 Å². The van der Waals surface area contributed by atoms with Crippen molar-refractivity contribution in [3.8, 4) is 0 Å². The molecule has 2 aliphatic carbocycles. The van der Waals surface area contributed by atoms with Gasteiger partial charge in [-0.05, 0) is 11.8 Å². The summed E-state index contributed by atoms with van der Waals surface area (Å²) in [5.41, 5.74) is 0. The Bertz CT molecular complexity index is 233. The van der Waals surface area contributed by atoms with E-state index in [1.807, 2.05) is 0 Å². The maximum absolute atomic E-state index is 1.56. The molecular weight excluding hydrogens is 276 g/mol. The van der Waals surface area contributed by atoms with Gasteiger partial charge < -0.3 is 0 Å². The fourth-order valence-electron chi connectivity index (χ4n) is 5.16. The van der Waals surface area contributed by atoms with E-state index in [2.05, 4.69) is 0 Å². The van der Waals surface area contributed by atoms with Crippen LogP contribution in [0.5, 0.6) is 0 Å². The van der Waals surface area contributed by atoms with Crippen molar-refractivity contribution in [1.29, 1.82) is 0 Å². The van der Waals surface area contributed by atoms with Gasteiger partial charge in [0.2, 0.25) is 0 Å². The van der Waals surface area contributed by atoms with Gasteiger partial charge in [0.1, 0.15) is 0 Å². The van der Waals surface area contributed by atoms with Crippen LogP contribution in [-0.2, 0) is 0 Å². The molecule has 0 amide bonds. The quantitative estimate of drug-likeness (QED) is 0.454. The van der Waals surface area contributed by atoms with Crippen LogP contribution in [0.3, 0.4) is 0 Å². The van der Waals surface area contributed by atoms with E-state index in [1.165, 1.54) is 109 Å². The molecule has 0 N–H and O–H groups in total. The molecule has 2 rings (SSSR count). The summed E-state index contributed by atoms with van der Waals surface area (Å²) in [4.78, 5) is 0. The van der Waals surface area contributed by atoms with Crippen LogP contribution >= 0.6 is 0 Å². The Labute approximate surface area is 147 Å². The van der Waals surface area contributed by atoms with Crippen LogP contribution in [0.25, 0.3) is 0 Å². The first-order valence-electron chi connectivity index (χ1n) is 11.5. The molecule has 0 aliphatic heterocycles. The first kappa shape index (κ1) is 19.3. The molecule has 0 aromatic heterocycles. The van der Waals surface area contributed by atoms with Crippen LogP contribution in [0, 0.1) is 11.8 Å². The lowest BCUT2D eigenvalue weighted by atomic mass is 9.78. The average molecular weight is 321 g/mol. The van der Waals surface area contributed by atoms with Crippen LogP contribution in [0.1, 0.15) is 135 Å². The molecular formula is C23H44.